The molecule has 0 aliphatic carbocycles. The van der Waals surface area contributed by atoms with E-state index in [0.29, 0.717) is 23.5 Å². The molecule has 2 aromatic rings. The molecular formula is C11H13N5O. The molecule has 88 valence electrons. The van der Waals surface area contributed by atoms with Crippen LogP contribution in [0.2, 0.25) is 0 Å². The van der Waals surface area contributed by atoms with Gasteiger partial charge in [0.15, 0.2) is 0 Å². The van der Waals surface area contributed by atoms with Gasteiger partial charge in [-0.1, -0.05) is 12.1 Å². The summed E-state index contributed by atoms with van der Waals surface area (Å²) < 4.78 is 5.27. The summed E-state index contributed by atoms with van der Waals surface area (Å²) in [6.45, 7) is 3.17. The highest BCUT2D eigenvalue weighted by molar-refractivity contribution is 5.40. The summed E-state index contributed by atoms with van der Waals surface area (Å²) in [5.41, 5.74) is 0. The van der Waals surface area contributed by atoms with E-state index >= 15 is 0 Å². The Morgan fingerprint density at radius 2 is 2.12 bits per heavy atom. The maximum atomic E-state index is 5.27. The second-order valence-corrected chi connectivity index (χ2v) is 4.23. The Hall–Kier alpha value is -1.82. The third-order valence-corrected chi connectivity index (χ3v) is 3.01. The standard InChI is InChI=1S/C11H13N5O/c1-7-3-6-12-8(7)11-15-10(16-17-11)9-13-4-2-5-14-9/h2,4-5,7-8,12H,3,6H2,1H3. The van der Waals surface area contributed by atoms with Crippen molar-refractivity contribution in [3.63, 3.8) is 0 Å². The van der Waals surface area contributed by atoms with Crippen LogP contribution >= 0.6 is 0 Å². The summed E-state index contributed by atoms with van der Waals surface area (Å²) in [4.78, 5) is 12.5. The van der Waals surface area contributed by atoms with Gasteiger partial charge in [-0.05, 0) is 24.9 Å². The van der Waals surface area contributed by atoms with Gasteiger partial charge in [0.25, 0.3) is 0 Å². The summed E-state index contributed by atoms with van der Waals surface area (Å²) >= 11 is 0. The molecule has 17 heavy (non-hydrogen) atoms. The Bertz CT molecular complexity index is 498. The maximum absolute atomic E-state index is 5.27. The zero-order valence-corrected chi connectivity index (χ0v) is 9.50. The van der Waals surface area contributed by atoms with Crippen LogP contribution in [-0.2, 0) is 0 Å². The molecule has 0 aromatic carbocycles. The van der Waals surface area contributed by atoms with E-state index in [9.17, 15) is 0 Å². The molecular weight excluding hydrogens is 218 g/mol. The predicted molar refractivity (Wildman–Crippen MR) is 59.8 cm³/mol. The molecule has 1 fully saturated rings. The van der Waals surface area contributed by atoms with Gasteiger partial charge in [-0.15, -0.1) is 0 Å². The normalized spacial score (nSPS) is 24.1. The monoisotopic (exact) mass is 231 g/mol. The Balaban J connectivity index is 1.88. The van der Waals surface area contributed by atoms with Crippen LogP contribution in [0.1, 0.15) is 25.3 Å². The molecule has 0 radical (unpaired) electrons. The molecule has 0 saturated carbocycles. The highest BCUT2D eigenvalue weighted by Crippen LogP contribution is 2.28. The molecule has 1 aliphatic rings. The van der Waals surface area contributed by atoms with Gasteiger partial charge in [0, 0.05) is 12.4 Å². The van der Waals surface area contributed by atoms with Gasteiger partial charge in [0.1, 0.15) is 0 Å². The van der Waals surface area contributed by atoms with Crippen LogP contribution in [0.5, 0.6) is 0 Å². The third kappa shape index (κ3) is 1.91. The number of aromatic nitrogens is 4. The van der Waals surface area contributed by atoms with Crippen molar-refractivity contribution in [2.45, 2.75) is 19.4 Å². The van der Waals surface area contributed by atoms with Crippen LogP contribution in [0.4, 0.5) is 0 Å². The molecule has 3 rings (SSSR count). The van der Waals surface area contributed by atoms with Crippen molar-refractivity contribution in [1.29, 1.82) is 0 Å². The Kier molecular flexibility index (Phi) is 2.56. The summed E-state index contributed by atoms with van der Waals surface area (Å²) in [6.07, 6.45) is 4.45. The van der Waals surface area contributed by atoms with E-state index < -0.39 is 0 Å². The second kappa shape index (κ2) is 4.21. The number of hydrogen-bond donors (Lipinski definition) is 1. The van der Waals surface area contributed by atoms with Crippen LogP contribution in [-0.4, -0.2) is 26.7 Å². The van der Waals surface area contributed by atoms with Gasteiger partial charge < -0.3 is 9.84 Å². The molecule has 6 nitrogen and oxygen atoms in total. The van der Waals surface area contributed by atoms with Gasteiger partial charge in [0.05, 0.1) is 6.04 Å². The molecule has 0 amide bonds. The molecule has 0 bridgehead atoms. The van der Waals surface area contributed by atoms with E-state index in [1.165, 1.54) is 0 Å². The van der Waals surface area contributed by atoms with E-state index in [1.54, 1.807) is 18.5 Å². The Morgan fingerprint density at radius 1 is 1.29 bits per heavy atom. The quantitative estimate of drug-likeness (QED) is 0.836. The van der Waals surface area contributed by atoms with E-state index in [2.05, 4.69) is 32.3 Å². The predicted octanol–water partition coefficient (Wildman–Crippen LogP) is 1.20. The largest absolute Gasteiger partial charge is 0.337 e. The van der Waals surface area contributed by atoms with Crippen molar-refractivity contribution in [3.8, 4) is 11.6 Å². The topological polar surface area (TPSA) is 76.7 Å². The lowest BCUT2D eigenvalue weighted by molar-refractivity contribution is 0.319. The molecule has 3 heterocycles. The fourth-order valence-electron chi connectivity index (χ4n) is 2.03. The van der Waals surface area contributed by atoms with Crippen LogP contribution < -0.4 is 5.32 Å². The Labute approximate surface area is 98.5 Å². The van der Waals surface area contributed by atoms with E-state index in [4.69, 9.17) is 4.52 Å². The minimum atomic E-state index is 0.153. The van der Waals surface area contributed by atoms with Crippen molar-refractivity contribution in [2.24, 2.45) is 5.92 Å². The van der Waals surface area contributed by atoms with E-state index in [-0.39, 0.29) is 6.04 Å². The van der Waals surface area contributed by atoms with Crippen LogP contribution in [0.15, 0.2) is 23.0 Å². The lowest BCUT2D eigenvalue weighted by Crippen LogP contribution is -2.16. The molecule has 1 N–H and O–H groups in total. The van der Waals surface area contributed by atoms with Crippen molar-refractivity contribution in [1.82, 2.24) is 25.4 Å². The van der Waals surface area contributed by atoms with Gasteiger partial charge in [-0.2, -0.15) is 4.98 Å². The van der Waals surface area contributed by atoms with Gasteiger partial charge >= 0.3 is 0 Å². The fourth-order valence-corrected chi connectivity index (χ4v) is 2.03. The van der Waals surface area contributed by atoms with Crippen LogP contribution in [0.25, 0.3) is 11.6 Å². The molecule has 2 aromatic heterocycles. The maximum Gasteiger partial charge on any atom is 0.244 e. The highest BCUT2D eigenvalue weighted by atomic mass is 16.5. The van der Waals surface area contributed by atoms with Crippen molar-refractivity contribution in [2.75, 3.05) is 6.54 Å². The van der Waals surface area contributed by atoms with Gasteiger partial charge in [-0.3, -0.25) is 0 Å². The summed E-state index contributed by atoms with van der Waals surface area (Å²) in [5.74, 6) is 2.08. The number of nitrogens with one attached hydrogen (secondary N) is 1. The highest BCUT2D eigenvalue weighted by Gasteiger charge is 2.29. The van der Waals surface area contributed by atoms with Crippen LogP contribution in [0.3, 0.4) is 0 Å². The Morgan fingerprint density at radius 3 is 2.82 bits per heavy atom. The first kappa shape index (κ1) is 10.3. The summed E-state index contributed by atoms with van der Waals surface area (Å²) in [7, 11) is 0. The van der Waals surface area contributed by atoms with Crippen molar-refractivity contribution in [3.05, 3.63) is 24.4 Å². The van der Waals surface area contributed by atoms with Crippen molar-refractivity contribution >= 4 is 0 Å². The number of rotatable bonds is 2. The average molecular weight is 231 g/mol. The first-order valence-electron chi connectivity index (χ1n) is 5.69. The molecule has 6 heteroatoms. The second-order valence-electron chi connectivity index (χ2n) is 4.23. The van der Waals surface area contributed by atoms with Crippen LogP contribution in [0, 0.1) is 5.92 Å². The van der Waals surface area contributed by atoms with Crippen molar-refractivity contribution < 1.29 is 4.52 Å². The summed E-state index contributed by atoms with van der Waals surface area (Å²) in [5, 5.41) is 7.26. The molecule has 2 unspecified atom stereocenters. The molecule has 1 aliphatic heterocycles. The number of nitrogens with zero attached hydrogens (tertiary/aromatic N) is 4. The summed E-state index contributed by atoms with van der Waals surface area (Å²) in [6, 6.07) is 1.91. The first-order valence-corrected chi connectivity index (χ1v) is 5.69. The smallest absolute Gasteiger partial charge is 0.244 e. The zero-order chi connectivity index (χ0) is 11.7. The zero-order valence-electron chi connectivity index (χ0n) is 9.50. The first-order chi connectivity index (χ1) is 8.34. The minimum Gasteiger partial charge on any atom is -0.337 e. The van der Waals surface area contributed by atoms with E-state index in [1.807, 2.05) is 0 Å². The average Bonchev–Trinajstić information content (AvgIpc) is 2.98. The minimum absolute atomic E-state index is 0.153. The molecule has 2 atom stereocenters. The fraction of sp³-hybridized carbons (Fsp3) is 0.455. The van der Waals surface area contributed by atoms with Gasteiger partial charge in [-0.25, -0.2) is 9.97 Å². The molecule has 1 saturated heterocycles. The number of hydrogen-bond acceptors (Lipinski definition) is 6. The third-order valence-electron chi connectivity index (χ3n) is 3.01. The van der Waals surface area contributed by atoms with Gasteiger partial charge in [0.2, 0.25) is 17.5 Å². The SMILES string of the molecule is CC1CCNC1c1nc(-c2ncccn2)no1. The lowest BCUT2D eigenvalue weighted by atomic mass is 10.0. The van der Waals surface area contributed by atoms with E-state index in [0.717, 1.165) is 13.0 Å². The molecule has 0 spiro atoms. The lowest BCUT2D eigenvalue weighted by Gasteiger charge is -2.08.